The van der Waals surface area contributed by atoms with Gasteiger partial charge in [-0.2, -0.15) is 0 Å². The molecule has 0 N–H and O–H groups in total. The van der Waals surface area contributed by atoms with Crippen molar-refractivity contribution in [2.75, 3.05) is 0 Å². The molecule has 0 saturated heterocycles. The Balaban J connectivity index is 1.56. The third kappa shape index (κ3) is 8.81. The molecule has 0 radical (unpaired) electrons. The third-order valence-electron chi connectivity index (χ3n) is 7.59. The number of nitrogens with zero attached hydrogens (tertiary/aromatic N) is 3. The van der Waals surface area contributed by atoms with Gasteiger partial charge in [-0.15, -0.1) is 0 Å². The van der Waals surface area contributed by atoms with Gasteiger partial charge in [0.05, 0.1) is 0 Å². The monoisotopic (exact) mass is 749 g/mol. The normalized spacial score (nSPS) is 15.1. The molecule has 0 aliphatic carbocycles. The van der Waals surface area contributed by atoms with Crippen LogP contribution in [0.4, 0.5) is 0 Å². The molecule has 1 aliphatic heterocycles. The fraction of sp³-hybridized carbons (Fsp3) is 0.100. The molecule has 0 atom stereocenters. The lowest BCUT2D eigenvalue weighted by Gasteiger charge is -2.33. The summed E-state index contributed by atoms with van der Waals surface area (Å²) in [6.45, 7) is 8.02. The minimum absolute atomic E-state index is 0.466. The van der Waals surface area contributed by atoms with Gasteiger partial charge in [-0.05, 0) is 100 Å². The zero-order valence-electron chi connectivity index (χ0n) is 29.1. The van der Waals surface area contributed by atoms with E-state index >= 15 is 0 Å². The quantitative estimate of drug-likeness (QED) is 0.116. The van der Waals surface area contributed by atoms with Gasteiger partial charge >= 0.3 is 23.0 Å². The molecule has 0 bridgehead atoms. The molecule has 0 amide bonds. The smallest absolute Gasteiger partial charge is 0.413 e. The van der Waals surface area contributed by atoms with E-state index in [1.165, 1.54) is 0 Å². The van der Waals surface area contributed by atoms with E-state index in [4.69, 9.17) is 40.7 Å². The second kappa shape index (κ2) is 15.2. The maximum Gasteiger partial charge on any atom is 0.460 e. The standard InChI is InChI=1S/C40H38N3O6P3/c1-31-15-23-37(24-16-31)46-51(47-38-25-17-32(2)18-26-38)41-50(44-35-11-7-5-8-12-35,45-36-13-9-6-10-14-36)42-52(43-51,48-39-27-19-33(3)20-28-39)49-40-29-21-34(4)22-30-40/h5-30H,1-4H3. The minimum atomic E-state index is -3.92. The summed E-state index contributed by atoms with van der Waals surface area (Å²) < 4.78 is 56.8. The molecule has 6 aromatic carbocycles. The van der Waals surface area contributed by atoms with Gasteiger partial charge in [0.25, 0.3) is 0 Å². The van der Waals surface area contributed by atoms with E-state index in [0.717, 1.165) is 22.3 Å². The molecule has 264 valence electrons. The van der Waals surface area contributed by atoms with E-state index in [2.05, 4.69) is 0 Å². The van der Waals surface area contributed by atoms with E-state index in [9.17, 15) is 0 Å². The molecular weight excluding hydrogens is 711 g/mol. The van der Waals surface area contributed by atoms with Crippen molar-refractivity contribution >= 4 is 23.0 Å². The summed E-state index contributed by atoms with van der Waals surface area (Å²) in [7, 11) is -11.7. The zero-order valence-corrected chi connectivity index (χ0v) is 31.8. The Morgan fingerprint density at radius 2 is 0.462 bits per heavy atom. The lowest BCUT2D eigenvalue weighted by atomic mass is 10.2. The molecule has 0 unspecified atom stereocenters. The predicted molar refractivity (Wildman–Crippen MR) is 209 cm³/mol. The molecule has 0 fully saturated rings. The molecular formula is C40H38N3O6P3. The molecule has 1 aliphatic rings. The van der Waals surface area contributed by atoms with Gasteiger partial charge in [-0.3, -0.25) is 0 Å². The molecule has 1 heterocycles. The van der Waals surface area contributed by atoms with Crippen LogP contribution in [0.15, 0.2) is 171 Å². The second-order valence-electron chi connectivity index (χ2n) is 12.2. The largest absolute Gasteiger partial charge is 0.460 e. The molecule has 12 heteroatoms. The van der Waals surface area contributed by atoms with Crippen molar-refractivity contribution in [3.63, 3.8) is 0 Å². The van der Waals surface area contributed by atoms with Gasteiger partial charge in [0.15, 0.2) is 0 Å². The predicted octanol–water partition coefficient (Wildman–Crippen LogP) is 13.5. The van der Waals surface area contributed by atoms with E-state index < -0.39 is 23.0 Å². The number of aryl methyl sites for hydroxylation is 4. The van der Waals surface area contributed by atoms with E-state index in [1.54, 1.807) is 0 Å². The van der Waals surface area contributed by atoms with Crippen LogP contribution in [0.3, 0.4) is 0 Å². The number of hydrogen-bond acceptors (Lipinski definition) is 9. The first-order valence-electron chi connectivity index (χ1n) is 16.6. The topological polar surface area (TPSA) is 92.5 Å². The van der Waals surface area contributed by atoms with Crippen molar-refractivity contribution in [3.05, 3.63) is 180 Å². The summed E-state index contributed by atoms with van der Waals surface area (Å²) in [5, 5.41) is 0. The highest BCUT2D eigenvalue weighted by molar-refractivity contribution is 7.79. The Hall–Kier alpha value is -5.19. The third-order valence-corrected chi connectivity index (χ3v) is 15.7. The summed E-state index contributed by atoms with van der Waals surface area (Å²) in [5.41, 5.74) is 4.22. The summed E-state index contributed by atoms with van der Waals surface area (Å²) in [6.07, 6.45) is 0. The number of para-hydroxylation sites is 2. The van der Waals surface area contributed by atoms with Crippen molar-refractivity contribution in [1.82, 2.24) is 0 Å². The average Bonchev–Trinajstić information content (AvgIpc) is 3.13. The van der Waals surface area contributed by atoms with Crippen LogP contribution < -0.4 is 27.1 Å². The molecule has 52 heavy (non-hydrogen) atoms. The van der Waals surface area contributed by atoms with Gasteiger partial charge in [-0.1, -0.05) is 121 Å². The minimum Gasteiger partial charge on any atom is -0.413 e. The summed E-state index contributed by atoms with van der Waals surface area (Å²) in [5.74, 6) is 2.83. The average molecular weight is 750 g/mol. The van der Waals surface area contributed by atoms with Gasteiger partial charge in [0, 0.05) is 0 Å². The second-order valence-corrected chi connectivity index (χ2v) is 18.4. The van der Waals surface area contributed by atoms with Crippen molar-refractivity contribution in [2.24, 2.45) is 13.5 Å². The van der Waals surface area contributed by atoms with E-state index in [0.29, 0.717) is 34.5 Å². The van der Waals surface area contributed by atoms with Crippen LogP contribution in [0.5, 0.6) is 34.5 Å². The highest BCUT2D eigenvalue weighted by Gasteiger charge is 2.48. The lowest BCUT2D eigenvalue weighted by molar-refractivity contribution is 0.443. The fourth-order valence-corrected chi connectivity index (χ4v) is 14.0. The lowest BCUT2D eigenvalue weighted by Crippen LogP contribution is -2.11. The van der Waals surface area contributed by atoms with Gasteiger partial charge < -0.3 is 27.1 Å². The number of hydrogen-bond donors (Lipinski definition) is 0. The molecule has 0 saturated carbocycles. The number of rotatable bonds is 12. The van der Waals surface area contributed by atoms with E-state index in [-0.39, 0.29) is 0 Å². The Bertz CT molecular complexity index is 2050. The Labute approximate surface area is 305 Å². The van der Waals surface area contributed by atoms with Crippen molar-refractivity contribution in [3.8, 4) is 34.5 Å². The maximum absolute atomic E-state index is 6.86. The highest BCUT2D eigenvalue weighted by Crippen LogP contribution is 2.78. The van der Waals surface area contributed by atoms with Crippen LogP contribution in [-0.2, 0) is 0 Å². The van der Waals surface area contributed by atoms with Crippen molar-refractivity contribution in [2.45, 2.75) is 27.7 Å². The molecule has 0 aromatic heterocycles. The SMILES string of the molecule is Cc1ccc(OP2(Oc3ccc(C)cc3)=NP(Oc3ccccc3)(Oc3ccccc3)=NP(Oc3ccc(C)cc3)(Oc3ccc(C)cc3)=N2)cc1. The fourth-order valence-electron chi connectivity index (χ4n) is 4.94. The summed E-state index contributed by atoms with van der Waals surface area (Å²) in [6, 6.07) is 48.9. The zero-order chi connectivity index (χ0) is 36.0. The van der Waals surface area contributed by atoms with Gasteiger partial charge in [0.1, 0.15) is 34.5 Å². The molecule has 7 rings (SSSR count). The maximum atomic E-state index is 6.86. The van der Waals surface area contributed by atoms with Crippen LogP contribution in [0.1, 0.15) is 22.3 Å². The summed E-state index contributed by atoms with van der Waals surface area (Å²) in [4.78, 5) is 0. The van der Waals surface area contributed by atoms with Crippen LogP contribution in [0, 0.1) is 27.7 Å². The first-order valence-corrected chi connectivity index (χ1v) is 21.2. The van der Waals surface area contributed by atoms with Crippen LogP contribution in [0.2, 0.25) is 0 Å². The highest BCUT2D eigenvalue weighted by atomic mass is 31.3. The molecule has 9 nitrogen and oxygen atoms in total. The Morgan fingerprint density at radius 1 is 0.269 bits per heavy atom. The van der Waals surface area contributed by atoms with Crippen LogP contribution >= 0.6 is 23.0 Å². The molecule has 6 aromatic rings. The Kier molecular flexibility index (Phi) is 10.3. The van der Waals surface area contributed by atoms with Crippen LogP contribution in [-0.4, -0.2) is 0 Å². The van der Waals surface area contributed by atoms with Crippen molar-refractivity contribution in [1.29, 1.82) is 0 Å². The number of benzene rings is 6. The first kappa shape index (κ1) is 35.2. The van der Waals surface area contributed by atoms with Gasteiger partial charge in [-0.25, -0.2) is 0 Å². The first-order chi connectivity index (χ1) is 25.2. The van der Waals surface area contributed by atoms with Crippen molar-refractivity contribution < 1.29 is 27.1 Å². The summed E-state index contributed by atoms with van der Waals surface area (Å²) >= 11 is 0. The molecule has 0 spiro atoms. The van der Waals surface area contributed by atoms with Crippen LogP contribution in [0.25, 0.3) is 0 Å². The Morgan fingerprint density at radius 3 is 0.673 bits per heavy atom. The van der Waals surface area contributed by atoms with Gasteiger partial charge in [0.2, 0.25) is 0 Å². The van der Waals surface area contributed by atoms with E-state index in [1.807, 2.05) is 185 Å².